The second kappa shape index (κ2) is 5.16. The highest BCUT2D eigenvalue weighted by atomic mass is 32.2. The third kappa shape index (κ3) is 2.32. The maximum Gasteiger partial charge on any atom is 0.246 e. The van der Waals surface area contributed by atoms with E-state index in [1.165, 1.54) is 16.6 Å². The third-order valence-electron chi connectivity index (χ3n) is 3.83. The molecule has 21 heavy (non-hydrogen) atoms. The monoisotopic (exact) mass is 308 g/mol. The highest BCUT2D eigenvalue weighted by molar-refractivity contribution is 7.89. The quantitative estimate of drug-likeness (QED) is 0.923. The maximum atomic E-state index is 12.7. The minimum Gasteiger partial charge on any atom is -0.463 e. The largest absolute Gasteiger partial charge is 0.463 e. The van der Waals surface area contributed by atoms with E-state index < -0.39 is 10.0 Å². The molecule has 6 nitrogen and oxygen atoms in total. The molecule has 0 aliphatic carbocycles. The predicted molar refractivity (Wildman–Crippen MR) is 77.1 cm³/mol. The number of amides is 1. The lowest BCUT2D eigenvalue weighted by Crippen LogP contribution is -2.33. The van der Waals surface area contributed by atoms with Gasteiger partial charge >= 0.3 is 0 Å². The van der Waals surface area contributed by atoms with Gasteiger partial charge in [-0.3, -0.25) is 4.79 Å². The average Bonchev–Trinajstić information content (AvgIpc) is 3.14. The zero-order valence-corrected chi connectivity index (χ0v) is 12.4. The van der Waals surface area contributed by atoms with Gasteiger partial charge in [-0.25, -0.2) is 8.42 Å². The molecule has 3 rings (SSSR count). The van der Waals surface area contributed by atoms with Gasteiger partial charge in [0.2, 0.25) is 15.9 Å². The number of hydrogen-bond acceptors (Lipinski definition) is 4. The molecule has 0 saturated carbocycles. The molecule has 112 valence electrons. The third-order valence-corrected chi connectivity index (χ3v) is 5.72. The van der Waals surface area contributed by atoms with Crippen molar-refractivity contribution in [1.82, 2.24) is 9.62 Å². The van der Waals surface area contributed by atoms with Crippen LogP contribution in [0.2, 0.25) is 0 Å². The van der Waals surface area contributed by atoms with Gasteiger partial charge in [0.05, 0.1) is 12.2 Å². The zero-order valence-electron chi connectivity index (χ0n) is 11.6. The fourth-order valence-electron chi connectivity index (χ4n) is 2.67. The van der Waals surface area contributed by atoms with Gasteiger partial charge in [0, 0.05) is 25.5 Å². The molecule has 1 aromatic carbocycles. The second-order valence-corrected chi connectivity index (χ2v) is 6.96. The average molecular weight is 308 g/mol. The molecular formula is C14H16N2O4S. The van der Waals surface area contributed by atoms with E-state index in [2.05, 4.69) is 5.32 Å². The molecule has 2 heterocycles. The van der Waals surface area contributed by atoms with Crippen LogP contribution >= 0.6 is 0 Å². The first-order valence-electron chi connectivity index (χ1n) is 6.72. The Hall–Kier alpha value is -1.86. The van der Waals surface area contributed by atoms with Crippen LogP contribution in [-0.4, -0.2) is 38.8 Å². The summed E-state index contributed by atoms with van der Waals surface area (Å²) in [6.07, 6.45) is 2.01. The van der Waals surface area contributed by atoms with E-state index >= 15 is 0 Å². The summed E-state index contributed by atoms with van der Waals surface area (Å²) >= 11 is 0. The molecule has 0 spiro atoms. The van der Waals surface area contributed by atoms with Crippen molar-refractivity contribution in [1.29, 1.82) is 0 Å². The van der Waals surface area contributed by atoms with E-state index in [9.17, 15) is 13.2 Å². The summed E-state index contributed by atoms with van der Waals surface area (Å²) in [7, 11) is -2.09. The Bertz CT molecular complexity index is 781. The molecule has 1 atom stereocenters. The molecule has 0 bridgehead atoms. The van der Waals surface area contributed by atoms with Gasteiger partial charge in [-0.1, -0.05) is 12.1 Å². The summed E-state index contributed by atoms with van der Waals surface area (Å²) < 4.78 is 32.1. The molecule has 1 saturated heterocycles. The van der Waals surface area contributed by atoms with Gasteiger partial charge in [0.15, 0.2) is 5.58 Å². The first kappa shape index (κ1) is 14.1. The van der Waals surface area contributed by atoms with Crippen molar-refractivity contribution in [3.8, 4) is 0 Å². The van der Waals surface area contributed by atoms with Crippen molar-refractivity contribution in [3.63, 3.8) is 0 Å². The summed E-state index contributed by atoms with van der Waals surface area (Å²) in [5, 5.41) is 3.31. The summed E-state index contributed by atoms with van der Waals surface area (Å²) in [4.78, 5) is 11.8. The summed E-state index contributed by atoms with van der Waals surface area (Å²) in [5.74, 6) is -0.413. The molecular weight excluding hydrogens is 292 g/mol. The fraction of sp³-hybridized carbons (Fsp3) is 0.357. The summed E-state index contributed by atoms with van der Waals surface area (Å²) in [6.45, 7) is 0.552. The van der Waals surface area contributed by atoms with Crippen LogP contribution in [0.25, 0.3) is 11.0 Å². The van der Waals surface area contributed by atoms with E-state index in [4.69, 9.17) is 4.42 Å². The number of sulfonamides is 1. The normalized spacial score (nSPS) is 20.0. The molecule has 1 fully saturated rings. The number of furan rings is 1. The summed E-state index contributed by atoms with van der Waals surface area (Å²) in [5.41, 5.74) is 0.362. The van der Waals surface area contributed by atoms with E-state index in [0.717, 1.165) is 5.39 Å². The van der Waals surface area contributed by atoms with E-state index in [1.54, 1.807) is 25.2 Å². The first-order chi connectivity index (χ1) is 10.0. The van der Waals surface area contributed by atoms with Gasteiger partial charge < -0.3 is 9.73 Å². The lowest BCUT2D eigenvalue weighted by atomic mass is 10.1. The minimum absolute atomic E-state index is 0.121. The SMILES string of the molecule is CNC(=O)C1CCN(S(=O)(=O)c2cccc3ccoc23)C1. The van der Waals surface area contributed by atoms with Gasteiger partial charge in [-0.2, -0.15) is 4.31 Å². The zero-order chi connectivity index (χ0) is 15.0. The van der Waals surface area contributed by atoms with Crippen LogP contribution in [0.3, 0.4) is 0 Å². The Morgan fingerprint density at radius 3 is 2.95 bits per heavy atom. The maximum absolute atomic E-state index is 12.7. The molecule has 7 heteroatoms. The van der Waals surface area contributed by atoms with E-state index in [1.807, 2.05) is 0 Å². The lowest BCUT2D eigenvalue weighted by Gasteiger charge is -2.16. The van der Waals surface area contributed by atoms with Crippen molar-refractivity contribution >= 4 is 26.9 Å². The van der Waals surface area contributed by atoms with Crippen LogP contribution in [-0.2, 0) is 14.8 Å². The van der Waals surface area contributed by atoms with Crippen molar-refractivity contribution in [2.75, 3.05) is 20.1 Å². The van der Waals surface area contributed by atoms with E-state index in [0.29, 0.717) is 18.5 Å². The number of hydrogen-bond donors (Lipinski definition) is 1. The number of rotatable bonds is 3. The van der Waals surface area contributed by atoms with E-state index in [-0.39, 0.29) is 23.3 Å². The number of nitrogens with one attached hydrogen (secondary N) is 1. The topological polar surface area (TPSA) is 79.6 Å². The molecule has 1 unspecified atom stereocenters. The highest BCUT2D eigenvalue weighted by Crippen LogP contribution is 2.29. The smallest absolute Gasteiger partial charge is 0.246 e. The van der Waals surface area contributed by atoms with Crippen molar-refractivity contribution in [2.45, 2.75) is 11.3 Å². The first-order valence-corrected chi connectivity index (χ1v) is 8.16. The molecule has 1 aliphatic rings. The Kier molecular flexibility index (Phi) is 3.46. The second-order valence-electron chi connectivity index (χ2n) is 5.06. The molecule has 2 aromatic rings. The van der Waals surface area contributed by atoms with Crippen molar-refractivity contribution in [2.24, 2.45) is 5.92 Å². The van der Waals surface area contributed by atoms with Crippen LogP contribution in [0.5, 0.6) is 0 Å². The van der Waals surface area contributed by atoms with Crippen LogP contribution in [0, 0.1) is 5.92 Å². The minimum atomic E-state index is -3.65. The fourth-order valence-corrected chi connectivity index (χ4v) is 4.32. The van der Waals surface area contributed by atoms with Gasteiger partial charge in [0.1, 0.15) is 4.90 Å². The number of nitrogens with zero attached hydrogens (tertiary/aromatic N) is 1. The van der Waals surface area contributed by atoms with Crippen molar-refractivity contribution in [3.05, 3.63) is 30.5 Å². The molecule has 1 aliphatic heterocycles. The molecule has 1 amide bonds. The van der Waals surface area contributed by atoms with Crippen LogP contribution in [0.1, 0.15) is 6.42 Å². The number of carbonyl (C=O) groups is 1. The lowest BCUT2D eigenvalue weighted by molar-refractivity contribution is -0.123. The Labute approximate surface area is 122 Å². The standard InChI is InChI=1S/C14H16N2O4S/c1-15-14(17)11-5-7-16(9-11)21(18,19)12-4-2-3-10-6-8-20-13(10)12/h2-4,6,8,11H,5,7,9H2,1H3,(H,15,17). The molecule has 1 N–H and O–H groups in total. The van der Waals surface area contributed by atoms with Crippen LogP contribution in [0.15, 0.2) is 39.8 Å². The number of carbonyl (C=O) groups excluding carboxylic acids is 1. The van der Waals surface area contributed by atoms with Crippen molar-refractivity contribution < 1.29 is 17.6 Å². The van der Waals surface area contributed by atoms with Crippen LogP contribution in [0.4, 0.5) is 0 Å². The van der Waals surface area contributed by atoms with Crippen LogP contribution < -0.4 is 5.32 Å². The number of benzene rings is 1. The number of para-hydroxylation sites is 1. The molecule has 0 radical (unpaired) electrons. The Morgan fingerprint density at radius 1 is 1.38 bits per heavy atom. The number of fused-ring (bicyclic) bond motifs is 1. The predicted octanol–water partition coefficient (Wildman–Crippen LogP) is 1.19. The van der Waals surface area contributed by atoms with Gasteiger partial charge in [0.25, 0.3) is 0 Å². The Balaban J connectivity index is 1.95. The van der Waals surface area contributed by atoms with Gasteiger partial charge in [-0.15, -0.1) is 0 Å². The molecule has 1 aromatic heterocycles. The Morgan fingerprint density at radius 2 is 2.19 bits per heavy atom. The van der Waals surface area contributed by atoms with Gasteiger partial charge in [-0.05, 0) is 18.6 Å². The highest BCUT2D eigenvalue weighted by Gasteiger charge is 2.36. The summed E-state index contributed by atoms with van der Waals surface area (Å²) in [6, 6.07) is 6.76.